The van der Waals surface area contributed by atoms with E-state index in [2.05, 4.69) is 26.1 Å². The number of amides is 2. The number of fused-ring (bicyclic) bond motifs is 1. The molecule has 0 saturated heterocycles. The Hall–Kier alpha value is -2.57. The Bertz CT molecular complexity index is 1160. The molecule has 1 aliphatic carbocycles. The molecule has 0 bridgehead atoms. The molecule has 3 N–H and O–H groups in total. The largest absolute Gasteiger partial charge is 0.451 e. The quantitative estimate of drug-likeness (QED) is 0.492. The van der Waals surface area contributed by atoms with Crippen molar-refractivity contribution in [2.75, 3.05) is 5.32 Å². The molecule has 1 atom stereocenters. The summed E-state index contributed by atoms with van der Waals surface area (Å²) in [6, 6.07) is 10.6. The molecule has 1 aliphatic rings. The van der Waals surface area contributed by atoms with E-state index in [1.54, 1.807) is 24.3 Å². The molecule has 0 saturated carbocycles. The van der Waals surface area contributed by atoms with Crippen LogP contribution in [-0.2, 0) is 12.8 Å². The highest BCUT2D eigenvalue weighted by Gasteiger charge is 2.33. The van der Waals surface area contributed by atoms with Crippen LogP contribution in [0, 0.1) is 11.3 Å². The SMILES string of the molecule is CC(C)(C)[C@H]1CCc2c(sc(NC(=O)c3ccc(-c4cccc(Cl)c4)o3)c2C(N)=O)C1. The van der Waals surface area contributed by atoms with E-state index in [1.807, 2.05) is 12.1 Å². The van der Waals surface area contributed by atoms with Gasteiger partial charge in [0.2, 0.25) is 0 Å². The summed E-state index contributed by atoms with van der Waals surface area (Å²) >= 11 is 7.49. The van der Waals surface area contributed by atoms with E-state index in [4.69, 9.17) is 21.8 Å². The average molecular weight is 457 g/mol. The van der Waals surface area contributed by atoms with Crippen LogP contribution < -0.4 is 11.1 Å². The zero-order valence-electron chi connectivity index (χ0n) is 17.8. The third-order valence-electron chi connectivity index (χ3n) is 5.90. The second-order valence-electron chi connectivity index (χ2n) is 9.01. The summed E-state index contributed by atoms with van der Waals surface area (Å²) < 4.78 is 5.74. The number of anilines is 1. The molecule has 31 heavy (non-hydrogen) atoms. The first-order valence-electron chi connectivity index (χ1n) is 10.2. The topological polar surface area (TPSA) is 85.3 Å². The summed E-state index contributed by atoms with van der Waals surface area (Å²) in [5.74, 6) is 0.293. The number of thiophene rings is 1. The Kier molecular flexibility index (Phi) is 5.71. The maximum Gasteiger partial charge on any atom is 0.292 e. The van der Waals surface area contributed by atoms with Gasteiger partial charge in [-0.3, -0.25) is 9.59 Å². The van der Waals surface area contributed by atoms with Gasteiger partial charge in [-0.2, -0.15) is 0 Å². The van der Waals surface area contributed by atoms with Gasteiger partial charge < -0.3 is 15.5 Å². The lowest BCUT2D eigenvalue weighted by atomic mass is 9.72. The van der Waals surface area contributed by atoms with Crippen molar-refractivity contribution in [1.29, 1.82) is 0 Å². The fourth-order valence-corrected chi connectivity index (χ4v) is 5.61. The van der Waals surface area contributed by atoms with Crippen molar-refractivity contribution in [3.05, 3.63) is 63.2 Å². The molecule has 2 heterocycles. The van der Waals surface area contributed by atoms with Crippen LogP contribution in [0.15, 0.2) is 40.8 Å². The van der Waals surface area contributed by atoms with E-state index >= 15 is 0 Å². The van der Waals surface area contributed by atoms with Crippen molar-refractivity contribution < 1.29 is 14.0 Å². The first-order valence-corrected chi connectivity index (χ1v) is 11.4. The predicted octanol–water partition coefficient (Wildman–Crippen LogP) is 6.16. The number of nitrogens with one attached hydrogen (secondary N) is 1. The van der Waals surface area contributed by atoms with Crippen molar-refractivity contribution in [3.63, 3.8) is 0 Å². The van der Waals surface area contributed by atoms with E-state index in [0.29, 0.717) is 27.3 Å². The van der Waals surface area contributed by atoms with Crippen LogP contribution in [0.3, 0.4) is 0 Å². The van der Waals surface area contributed by atoms with E-state index in [9.17, 15) is 9.59 Å². The van der Waals surface area contributed by atoms with E-state index in [1.165, 1.54) is 11.3 Å². The summed E-state index contributed by atoms with van der Waals surface area (Å²) in [5.41, 5.74) is 8.07. The molecule has 7 heteroatoms. The van der Waals surface area contributed by atoms with Gasteiger partial charge in [0.25, 0.3) is 11.8 Å². The number of carbonyl (C=O) groups is 2. The summed E-state index contributed by atoms with van der Waals surface area (Å²) in [7, 11) is 0. The number of nitrogens with two attached hydrogens (primary N) is 1. The third kappa shape index (κ3) is 4.41. The van der Waals surface area contributed by atoms with Crippen molar-refractivity contribution in [2.24, 2.45) is 17.1 Å². The molecular formula is C24H25ClN2O3S. The highest BCUT2D eigenvalue weighted by Crippen LogP contribution is 2.44. The second-order valence-corrected chi connectivity index (χ2v) is 10.5. The zero-order chi connectivity index (χ0) is 22.3. The van der Waals surface area contributed by atoms with Gasteiger partial charge in [-0.1, -0.05) is 44.5 Å². The fraction of sp³-hybridized carbons (Fsp3) is 0.333. The van der Waals surface area contributed by atoms with Crippen LogP contribution in [0.5, 0.6) is 0 Å². The Labute approximate surface area is 190 Å². The minimum atomic E-state index is -0.513. The van der Waals surface area contributed by atoms with Crippen LogP contribution >= 0.6 is 22.9 Å². The summed E-state index contributed by atoms with van der Waals surface area (Å²) in [4.78, 5) is 26.2. The van der Waals surface area contributed by atoms with Crippen molar-refractivity contribution >= 4 is 39.8 Å². The standard InChI is InChI=1S/C24H25ClN2O3S/c1-24(2,3)14-7-8-16-19(12-14)31-23(20(16)21(26)28)27-22(29)18-10-9-17(30-18)13-5-4-6-15(25)11-13/h4-6,9-11,14H,7-8,12H2,1-3H3,(H2,26,28)(H,27,29)/t14-/m0/s1. The normalized spacial score (nSPS) is 16.1. The Morgan fingerprint density at radius 2 is 2.00 bits per heavy atom. The number of primary amides is 1. The molecule has 162 valence electrons. The average Bonchev–Trinajstić information content (AvgIpc) is 3.31. The maximum atomic E-state index is 12.9. The molecule has 0 fully saturated rings. The summed E-state index contributed by atoms with van der Waals surface area (Å²) in [5, 5.41) is 3.94. The number of rotatable bonds is 4. The highest BCUT2D eigenvalue weighted by atomic mass is 35.5. The van der Waals surface area contributed by atoms with Crippen LogP contribution in [0.25, 0.3) is 11.3 Å². The number of hydrogen-bond acceptors (Lipinski definition) is 4. The smallest absolute Gasteiger partial charge is 0.292 e. The van der Waals surface area contributed by atoms with Crippen LogP contribution in [0.4, 0.5) is 5.00 Å². The van der Waals surface area contributed by atoms with Crippen molar-refractivity contribution in [2.45, 2.75) is 40.0 Å². The lowest BCUT2D eigenvalue weighted by Crippen LogP contribution is -2.27. The van der Waals surface area contributed by atoms with Gasteiger partial charge in [0.05, 0.1) is 5.56 Å². The highest BCUT2D eigenvalue weighted by molar-refractivity contribution is 7.17. The lowest BCUT2D eigenvalue weighted by molar-refractivity contribution is 0.0997. The molecule has 0 spiro atoms. The molecule has 1 aromatic carbocycles. The molecule has 3 aromatic rings. The predicted molar refractivity (Wildman–Crippen MR) is 125 cm³/mol. The van der Waals surface area contributed by atoms with Crippen LogP contribution in [0.2, 0.25) is 5.02 Å². The molecule has 4 rings (SSSR count). The van der Waals surface area contributed by atoms with E-state index in [-0.39, 0.29) is 11.2 Å². The van der Waals surface area contributed by atoms with Gasteiger partial charge in [0.15, 0.2) is 5.76 Å². The number of carbonyl (C=O) groups excluding carboxylic acids is 2. The van der Waals surface area contributed by atoms with Crippen molar-refractivity contribution in [3.8, 4) is 11.3 Å². The minimum Gasteiger partial charge on any atom is -0.451 e. The van der Waals surface area contributed by atoms with E-state index < -0.39 is 11.8 Å². The summed E-state index contributed by atoms with van der Waals surface area (Å²) in [6.45, 7) is 6.72. The van der Waals surface area contributed by atoms with Gasteiger partial charge in [0, 0.05) is 15.5 Å². The summed E-state index contributed by atoms with van der Waals surface area (Å²) in [6.07, 6.45) is 2.68. The van der Waals surface area contributed by atoms with Crippen LogP contribution in [0.1, 0.15) is 58.5 Å². The van der Waals surface area contributed by atoms with Gasteiger partial charge in [0.1, 0.15) is 10.8 Å². The Balaban J connectivity index is 1.59. The number of furan rings is 1. The van der Waals surface area contributed by atoms with Gasteiger partial charge >= 0.3 is 0 Å². The third-order valence-corrected chi connectivity index (χ3v) is 7.31. The molecule has 5 nitrogen and oxygen atoms in total. The first kappa shape index (κ1) is 21.7. The molecule has 0 unspecified atom stereocenters. The molecule has 2 amide bonds. The van der Waals surface area contributed by atoms with Gasteiger partial charge in [-0.25, -0.2) is 0 Å². The lowest BCUT2D eigenvalue weighted by Gasteiger charge is -2.33. The second kappa shape index (κ2) is 8.17. The van der Waals surface area contributed by atoms with Crippen LogP contribution in [-0.4, -0.2) is 11.8 Å². The minimum absolute atomic E-state index is 0.157. The molecule has 0 aliphatic heterocycles. The Morgan fingerprint density at radius 1 is 1.23 bits per heavy atom. The zero-order valence-corrected chi connectivity index (χ0v) is 19.3. The van der Waals surface area contributed by atoms with E-state index in [0.717, 1.165) is 35.3 Å². The van der Waals surface area contributed by atoms with Crippen molar-refractivity contribution in [1.82, 2.24) is 0 Å². The molecule has 0 radical (unpaired) electrons. The first-order chi connectivity index (χ1) is 14.6. The molecule has 2 aromatic heterocycles. The van der Waals surface area contributed by atoms with Gasteiger partial charge in [-0.05, 0) is 60.4 Å². The monoisotopic (exact) mass is 456 g/mol. The maximum absolute atomic E-state index is 12.9. The number of benzene rings is 1. The molecular weight excluding hydrogens is 432 g/mol. The Morgan fingerprint density at radius 3 is 2.68 bits per heavy atom. The number of halogens is 1. The fourth-order valence-electron chi connectivity index (χ4n) is 4.10. The number of hydrogen-bond donors (Lipinski definition) is 2. The van der Waals surface area contributed by atoms with Gasteiger partial charge in [-0.15, -0.1) is 11.3 Å².